The van der Waals surface area contributed by atoms with Gasteiger partial charge in [-0.2, -0.15) is 4.68 Å². The van der Waals surface area contributed by atoms with E-state index in [2.05, 4.69) is 15.3 Å². The van der Waals surface area contributed by atoms with E-state index in [9.17, 15) is 5.11 Å². The van der Waals surface area contributed by atoms with Gasteiger partial charge >= 0.3 is 0 Å². The number of aromatic hydroxyl groups is 1. The fourth-order valence-corrected chi connectivity index (χ4v) is 1.98. The van der Waals surface area contributed by atoms with Crippen molar-refractivity contribution in [1.82, 2.24) is 20.0 Å². The van der Waals surface area contributed by atoms with Crippen molar-refractivity contribution in [3.63, 3.8) is 0 Å². The van der Waals surface area contributed by atoms with Gasteiger partial charge in [0.1, 0.15) is 11.4 Å². The van der Waals surface area contributed by atoms with Crippen LogP contribution in [0.4, 0.5) is 5.82 Å². The topological polar surface area (TPSA) is 89.9 Å². The molecule has 20 heavy (non-hydrogen) atoms. The molecule has 6 nitrogen and oxygen atoms in total. The minimum Gasteiger partial charge on any atom is -0.506 e. The third-order valence-corrected chi connectivity index (χ3v) is 3.01. The van der Waals surface area contributed by atoms with Crippen molar-refractivity contribution >= 4 is 17.4 Å². The smallest absolute Gasteiger partial charge is 0.157 e. The molecule has 3 rings (SSSR count). The number of halogens is 1. The number of nitrogens with two attached hydrogens (primary N) is 1. The normalized spacial score (nSPS) is 10.7. The largest absolute Gasteiger partial charge is 0.506 e. The van der Waals surface area contributed by atoms with Crippen LogP contribution in [0.1, 0.15) is 0 Å². The number of benzene rings is 1. The van der Waals surface area contributed by atoms with Gasteiger partial charge in [0.2, 0.25) is 0 Å². The first-order valence-electron chi connectivity index (χ1n) is 5.78. The molecule has 2 heterocycles. The second-order valence-electron chi connectivity index (χ2n) is 4.08. The zero-order valence-electron chi connectivity index (χ0n) is 10.2. The molecule has 0 amide bonds. The SMILES string of the molecule is Nc1c(-c2ccccn2)nnn1-c1cc(Cl)ccc1O. The van der Waals surface area contributed by atoms with Crippen LogP contribution in [-0.4, -0.2) is 25.1 Å². The van der Waals surface area contributed by atoms with E-state index >= 15 is 0 Å². The van der Waals surface area contributed by atoms with E-state index < -0.39 is 0 Å². The van der Waals surface area contributed by atoms with Crippen LogP contribution in [0.2, 0.25) is 5.02 Å². The fourth-order valence-electron chi connectivity index (χ4n) is 1.82. The minimum absolute atomic E-state index is 0.0126. The lowest BCUT2D eigenvalue weighted by Gasteiger charge is -2.06. The third-order valence-electron chi connectivity index (χ3n) is 2.78. The van der Waals surface area contributed by atoms with Gasteiger partial charge in [-0.05, 0) is 30.3 Å². The van der Waals surface area contributed by atoms with Gasteiger partial charge < -0.3 is 10.8 Å². The van der Waals surface area contributed by atoms with Crippen molar-refractivity contribution in [2.24, 2.45) is 0 Å². The van der Waals surface area contributed by atoms with E-state index in [1.807, 2.05) is 6.07 Å². The van der Waals surface area contributed by atoms with Crippen LogP contribution < -0.4 is 5.73 Å². The zero-order valence-corrected chi connectivity index (χ0v) is 11.0. The maximum Gasteiger partial charge on any atom is 0.157 e. The van der Waals surface area contributed by atoms with Gasteiger partial charge in [0.15, 0.2) is 11.5 Å². The van der Waals surface area contributed by atoms with Crippen molar-refractivity contribution in [1.29, 1.82) is 0 Å². The van der Waals surface area contributed by atoms with E-state index in [1.165, 1.54) is 10.7 Å². The first kappa shape index (κ1) is 12.4. The highest BCUT2D eigenvalue weighted by Gasteiger charge is 2.16. The number of hydrogen-bond donors (Lipinski definition) is 2. The van der Waals surface area contributed by atoms with Crippen molar-refractivity contribution in [2.75, 3.05) is 5.73 Å². The average molecular weight is 288 g/mol. The van der Waals surface area contributed by atoms with Crippen LogP contribution >= 0.6 is 11.6 Å². The van der Waals surface area contributed by atoms with Crippen LogP contribution in [0.5, 0.6) is 5.75 Å². The molecule has 0 saturated heterocycles. The predicted molar refractivity (Wildman–Crippen MR) is 75.7 cm³/mol. The summed E-state index contributed by atoms with van der Waals surface area (Å²) in [5, 5.41) is 18.3. The molecular weight excluding hydrogens is 278 g/mol. The maximum absolute atomic E-state index is 9.87. The fraction of sp³-hybridized carbons (Fsp3) is 0. The summed E-state index contributed by atoms with van der Waals surface area (Å²) in [5.74, 6) is 0.292. The van der Waals surface area contributed by atoms with Gasteiger partial charge in [0.05, 0.1) is 5.69 Å². The lowest BCUT2D eigenvalue weighted by atomic mass is 10.2. The summed E-state index contributed by atoms with van der Waals surface area (Å²) in [6.45, 7) is 0. The summed E-state index contributed by atoms with van der Waals surface area (Å²) in [4.78, 5) is 4.17. The van der Waals surface area contributed by atoms with Crippen LogP contribution in [0.25, 0.3) is 17.1 Å². The Bertz CT molecular complexity index is 757. The highest BCUT2D eigenvalue weighted by atomic mass is 35.5. The molecule has 0 unspecified atom stereocenters. The molecule has 1 aromatic carbocycles. The highest BCUT2D eigenvalue weighted by Crippen LogP contribution is 2.29. The van der Waals surface area contributed by atoms with Crippen LogP contribution in [0.3, 0.4) is 0 Å². The number of hydrogen-bond acceptors (Lipinski definition) is 5. The van der Waals surface area contributed by atoms with E-state index in [1.54, 1.807) is 30.5 Å². The molecule has 0 saturated carbocycles. The quantitative estimate of drug-likeness (QED) is 0.754. The van der Waals surface area contributed by atoms with Gasteiger partial charge in [-0.3, -0.25) is 4.98 Å². The lowest BCUT2D eigenvalue weighted by molar-refractivity contribution is 0.470. The number of aromatic nitrogens is 4. The van der Waals surface area contributed by atoms with E-state index in [0.717, 1.165) is 0 Å². The van der Waals surface area contributed by atoms with Gasteiger partial charge in [0, 0.05) is 11.2 Å². The Morgan fingerprint density at radius 3 is 2.80 bits per heavy atom. The number of nitrogens with zero attached hydrogens (tertiary/aromatic N) is 4. The first-order chi connectivity index (χ1) is 9.66. The Balaban J connectivity index is 2.14. The second-order valence-corrected chi connectivity index (χ2v) is 4.52. The maximum atomic E-state index is 9.87. The highest BCUT2D eigenvalue weighted by molar-refractivity contribution is 6.30. The van der Waals surface area contributed by atoms with Gasteiger partial charge in [-0.1, -0.05) is 22.9 Å². The molecule has 0 atom stereocenters. The number of nitrogen functional groups attached to an aromatic ring is 1. The Kier molecular flexibility index (Phi) is 3.00. The monoisotopic (exact) mass is 287 g/mol. The van der Waals surface area contributed by atoms with E-state index in [-0.39, 0.29) is 11.6 Å². The minimum atomic E-state index is 0.0126. The molecule has 0 aliphatic rings. The number of anilines is 1. The van der Waals surface area contributed by atoms with E-state index in [4.69, 9.17) is 17.3 Å². The van der Waals surface area contributed by atoms with Crippen LogP contribution in [0, 0.1) is 0 Å². The molecule has 7 heteroatoms. The zero-order chi connectivity index (χ0) is 14.1. The van der Waals surface area contributed by atoms with Crippen LogP contribution in [-0.2, 0) is 0 Å². The number of rotatable bonds is 2. The predicted octanol–water partition coefficient (Wildman–Crippen LogP) is 2.27. The lowest BCUT2D eigenvalue weighted by Crippen LogP contribution is -2.02. The molecule has 3 aromatic rings. The number of phenolic OH excluding ortho intramolecular Hbond substituents is 1. The summed E-state index contributed by atoms with van der Waals surface area (Å²) >= 11 is 5.92. The number of pyridine rings is 1. The van der Waals surface area contributed by atoms with Crippen molar-refractivity contribution in [3.05, 3.63) is 47.6 Å². The average Bonchev–Trinajstić information content (AvgIpc) is 2.84. The first-order valence-corrected chi connectivity index (χ1v) is 6.16. The summed E-state index contributed by atoms with van der Waals surface area (Å²) in [5.41, 5.74) is 7.45. The molecule has 100 valence electrons. The molecule has 0 aliphatic carbocycles. The molecule has 0 fully saturated rings. The molecule has 0 bridgehead atoms. The summed E-state index contributed by atoms with van der Waals surface area (Å²) in [6.07, 6.45) is 1.64. The van der Waals surface area contributed by atoms with Gasteiger partial charge in [-0.25, -0.2) is 0 Å². The van der Waals surface area contributed by atoms with Crippen molar-refractivity contribution in [2.45, 2.75) is 0 Å². The Labute approximate surface area is 119 Å². The summed E-state index contributed by atoms with van der Waals surface area (Å²) in [6, 6.07) is 10.0. The summed E-state index contributed by atoms with van der Waals surface area (Å²) in [7, 11) is 0. The molecule has 0 aliphatic heterocycles. The standard InChI is InChI=1S/C13H10ClN5O/c14-8-4-5-11(20)10(7-8)19-13(15)12(17-18-19)9-3-1-2-6-16-9/h1-7,20H,15H2. The third kappa shape index (κ3) is 2.06. The number of phenols is 1. The molecule has 0 spiro atoms. The van der Waals surface area contributed by atoms with Crippen molar-refractivity contribution < 1.29 is 5.11 Å². The van der Waals surface area contributed by atoms with Crippen LogP contribution in [0.15, 0.2) is 42.6 Å². The Hall–Kier alpha value is -2.60. The van der Waals surface area contributed by atoms with Crippen molar-refractivity contribution in [3.8, 4) is 22.8 Å². The molecule has 3 N–H and O–H groups in total. The second kappa shape index (κ2) is 4.82. The Morgan fingerprint density at radius 2 is 2.05 bits per heavy atom. The summed E-state index contributed by atoms with van der Waals surface area (Å²) < 4.78 is 1.32. The molecular formula is C13H10ClN5O. The van der Waals surface area contributed by atoms with Gasteiger partial charge in [-0.15, -0.1) is 5.10 Å². The Morgan fingerprint density at radius 1 is 1.20 bits per heavy atom. The van der Waals surface area contributed by atoms with Gasteiger partial charge in [0.25, 0.3) is 0 Å². The molecule has 2 aromatic heterocycles. The van der Waals surface area contributed by atoms with E-state index in [0.29, 0.717) is 22.1 Å². The molecule has 0 radical (unpaired) electrons.